The molecule has 1 rings (SSSR count). The van der Waals surface area contributed by atoms with Crippen LogP contribution in [-0.2, 0) is 13.0 Å². The van der Waals surface area contributed by atoms with Crippen molar-refractivity contribution in [3.63, 3.8) is 0 Å². The molecule has 3 nitrogen and oxygen atoms in total. The van der Waals surface area contributed by atoms with Gasteiger partial charge in [0.15, 0.2) is 0 Å². The van der Waals surface area contributed by atoms with Crippen LogP contribution in [-0.4, -0.2) is 25.1 Å². The largest absolute Gasteiger partial charge is 0.359 e. The first-order valence-electron chi connectivity index (χ1n) is 8.34. The number of aryl methyl sites for hydroxylation is 1. The third-order valence-electron chi connectivity index (χ3n) is 3.34. The summed E-state index contributed by atoms with van der Waals surface area (Å²) in [6, 6.07) is 4.48. The van der Waals surface area contributed by atoms with Gasteiger partial charge in [0.05, 0.1) is 0 Å². The summed E-state index contributed by atoms with van der Waals surface area (Å²) in [6.07, 6.45) is 2.20. The Bertz CT molecular complexity index is 413. The van der Waals surface area contributed by atoms with Gasteiger partial charge in [-0.1, -0.05) is 41.0 Å². The van der Waals surface area contributed by atoms with Crippen molar-refractivity contribution in [2.75, 3.05) is 25.0 Å². The van der Waals surface area contributed by atoms with E-state index < -0.39 is 0 Å². The molecule has 1 heterocycles. The van der Waals surface area contributed by atoms with Crippen molar-refractivity contribution >= 4 is 5.82 Å². The van der Waals surface area contributed by atoms with Crippen molar-refractivity contribution in [1.29, 1.82) is 0 Å². The van der Waals surface area contributed by atoms with Crippen LogP contribution in [0.2, 0.25) is 0 Å². The first kappa shape index (κ1) is 18.0. The lowest BCUT2D eigenvalue weighted by atomic mass is 10.1. The summed E-state index contributed by atoms with van der Waals surface area (Å²) in [6.45, 7) is 14.2. The van der Waals surface area contributed by atoms with Crippen LogP contribution in [0.1, 0.15) is 52.3 Å². The number of rotatable bonds is 9. The predicted molar refractivity (Wildman–Crippen MR) is 92.9 cm³/mol. The molecule has 0 fully saturated rings. The standard InChI is InChI=1S/C18H33N3/c1-7-8-17-9-16(12-19-11-14(2)3)10-18(20-17)21(6)13-15(4)5/h9-10,14-15,19H,7-8,11-13H2,1-6H3. The fraction of sp³-hybridized carbons (Fsp3) is 0.722. The van der Waals surface area contributed by atoms with Crippen LogP contribution in [0.5, 0.6) is 0 Å². The Kier molecular flexibility index (Phi) is 7.73. The Morgan fingerprint density at radius 3 is 2.43 bits per heavy atom. The van der Waals surface area contributed by atoms with E-state index in [1.165, 1.54) is 11.3 Å². The number of pyridine rings is 1. The number of nitrogens with one attached hydrogen (secondary N) is 1. The smallest absolute Gasteiger partial charge is 0.128 e. The fourth-order valence-electron chi connectivity index (χ4n) is 2.46. The van der Waals surface area contributed by atoms with Gasteiger partial charge in [0.25, 0.3) is 0 Å². The summed E-state index contributed by atoms with van der Waals surface area (Å²) in [5, 5.41) is 3.53. The van der Waals surface area contributed by atoms with Crippen molar-refractivity contribution < 1.29 is 0 Å². The molecule has 0 atom stereocenters. The van der Waals surface area contributed by atoms with Crippen molar-refractivity contribution in [2.24, 2.45) is 11.8 Å². The number of hydrogen-bond acceptors (Lipinski definition) is 3. The molecule has 21 heavy (non-hydrogen) atoms. The van der Waals surface area contributed by atoms with E-state index in [0.717, 1.165) is 38.3 Å². The molecular weight excluding hydrogens is 258 g/mol. The van der Waals surface area contributed by atoms with E-state index >= 15 is 0 Å². The van der Waals surface area contributed by atoms with Gasteiger partial charge in [-0.3, -0.25) is 0 Å². The molecule has 0 aliphatic carbocycles. The van der Waals surface area contributed by atoms with E-state index in [-0.39, 0.29) is 0 Å². The molecule has 0 aromatic carbocycles. The van der Waals surface area contributed by atoms with Crippen LogP contribution < -0.4 is 10.2 Å². The first-order valence-corrected chi connectivity index (χ1v) is 8.34. The maximum Gasteiger partial charge on any atom is 0.128 e. The average Bonchev–Trinajstić information content (AvgIpc) is 2.37. The fourth-order valence-corrected chi connectivity index (χ4v) is 2.46. The highest BCUT2D eigenvalue weighted by Gasteiger charge is 2.08. The van der Waals surface area contributed by atoms with Gasteiger partial charge in [0, 0.05) is 25.8 Å². The second-order valence-corrected chi connectivity index (χ2v) is 6.87. The van der Waals surface area contributed by atoms with Gasteiger partial charge < -0.3 is 10.2 Å². The summed E-state index contributed by atoms with van der Waals surface area (Å²) in [5.74, 6) is 2.44. The van der Waals surface area contributed by atoms with Crippen LogP contribution in [0.25, 0.3) is 0 Å². The van der Waals surface area contributed by atoms with Crippen molar-refractivity contribution in [3.8, 4) is 0 Å². The summed E-state index contributed by atoms with van der Waals surface area (Å²) in [4.78, 5) is 7.09. The second-order valence-electron chi connectivity index (χ2n) is 6.87. The quantitative estimate of drug-likeness (QED) is 0.748. The maximum absolute atomic E-state index is 4.82. The van der Waals surface area contributed by atoms with E-state index in [1.807, 2.05) is 0 Å². The van der Waals surface area contributed by atoms with Crippen LogP contribution in [0.3, 0.4) is 0 Å². The molecule has 0 aliphatic heterocycles. The summed E-state index contributed by atoms with van der Waals surface area (Å²) in [5.41, 5.74) is 2.56. The zero-order chi connectivity index (χ0) is 15.8. The predicted octanol–water partition coefficient (Wildman–Crippen LogP) is 3.87. The molecule has 0 saturated heterocycles. The highest BCUT2D eigenvalue weighted by atomic mass is 15.2. The molecule has 120 valence electrons. The van der Waals surface area contributed by atoms with Crippen molar-refractivity contribution in [1.82, 2.24) is 10.3 Å². The monoisotopic (exact) mass is 291 g/mol. The van der Waals surface area contributed by atoms with Crippen LogP contribution in [0, 0.1) is 11.8 Å². The number of aromatic nitrogens is 1. The molecule has 0 spiro atoms. The van der Waals surface area contributed by atoms with Gasteiger partial charge in [-0.25, -0.2) is 4.98 Å². The lowest BCUT2D eigenvalue weighted by Gasteiger charge is -2.22. The van der Waals surface area contributed by atoms with E-state index in [1.54, 1.807) is 0 Å². The second kappa shape index (κ2) is 9.04. The zero-order valence-corrected chi connectivity index (χ0v) is 14.7. The van der Waals surface area contributed by atoms with Gasteiger partial charge in [-0.15, -0.1) is 0 Å². The minimum atomic E-state index is 0.647. The Labute approximate surface area is 131 Å². The maximum atomic E-state index is 4.82. The third kappa shape index (κ3) is 6.94. The lowest BCUT2D eigenvalue weighted by Crippen LogP contribution is -2.24. The van der Waals surface area contributed by atoms with Gasteiger partial charge in [0.1, 0.15) is 5.82 Å². The minimum absolute atomic E-state index is 0.647. The van der Waals surface area contributed by atoms with Gasteiger partial charge >= 0.3 is 0 Å². The van der Waals surface area contributed by atoms with E-state index in [9.17, 15) is 0 Å². The molecular formula is C18H33N3. The van der Waals surface area contributed by atoms with E-state index in [0.29, 0.717) is 11.8 Å². The Hall–Kier alpha value is -1.09. The topological polar surface area (TPSA) is 28.2 Å². The Morgan fingerprint density at radius 1 is 1.14 bits per heavy atom. The average molecular weight is 291 g/mol. The van der Waals surface area contributed by atoms with Crippen LogP contribution in [0.4, 0.5) is 5.82 Å². The highest BCUT2D eigenvalue weighted by Crippen LogP contribution is 2.16. The molecule has 1 aromatic heterocycles. The van der Waals surface area contributed by atoms with Gasteiger partial charge in [0.2, 0.25) is 0 Å². The molecule has 1 aromatic rings. The summed E-state index contributed by atoms with van der Waals surface area (Å²) < 4.78 is 0. The Balaban J connectivity index is 2.83. The molecule has 1 N–H and O–H groups in total. The number of nitrogens with zero attached hydrogens (tertiary/aromatic N) is 2. The SMILES string of the molecule is CCCc1cc(CNCC(C)C)cc(N(C)CC(C)C)n1. The van der Waals surface area contributed by atoms with Crippen molar-refractivity contribution in [2.45, 2.75) is 54.0 Å². The zero-order valence-electron chi connectivity index (χ0n) is 14.7. The Morgan fingerprint density at radius 2 is 1.86 bits per heavy atom. The normalized spacial score (nSPS) is 11.4. The lowest BCUT2D eigenvalue weighted by molar-refractivity contribution is 0.551. The van der Waals surface area contributed by atoms with Crippen LogP contribution >= 0.6 is 0 Å². The molecule has 0 radical (unpaired) electrons. The molecule has 0 unspecified atom stereocenters. The highest BCUT2D eigenvalue weighted by molar-refractivity contribution is 5.42. The van der Waals surface area contributed by atoms with E-state index in [4.69, 9.17) is 4.98 Å². The first-order chi connectivity index (χ1) is 9.92. The minimum Gasteiger partial charge on any atom is -0.359 e. The van der Waals surface area contributed by atoms with Gasteiger partial charge in [-0.2, -0.15) is 0 Å². The molecule has 0 bridgehead atoms. The number of anilines is 1. The molecule has 0 aliphatic rings. The molecule has 0 amide bonds. The van der Waals surface area contributed by atoms with Crippen molar-refractivity contribution in [3.05, 3.63) is 23.4 Å². The molecule has 3 heteroatoms. The summed E-state index contributed by atoms with van der Waals surface area (Å²) in [7, 11) is 2.14. The van der Waals surface area contributed by atoms with Gasteiger partial charge in [-0.05, 0) is 42.5 Å². The van der Waals surface area contributed by atoms with E-state index in [2.05, 4.69) is 64.0 Å². The number of hydrogen-bond donors (Lipinski definition) is 1. The summed E-state index contributed by atoms with van der Waals surface area (Å²) >= 11 is 0. The van der Waals surface area contributed by atoms with Crippen LogP contribution in [0.15, 0.2) is 12.1 Å². The molecule has 0 saturated carbocycles. The third-order valence-corrected chi connectivity index (χ3v) is 3.34.